The van der Waals surface area contributed by atoms with E-state index in [1.165, 1.54) is 11.8 Å². The lowest BCUT2D eigenvalue weighted by Gasteiger charge is -2.24. The van der Waals surface area contributed by atoms with Gasteiger partial charge in [0, 0.05) is 0 Å². The smallest absolute Gasteiger partial charge is 0.322 e. The number of carbonyl (C=O) groups excluding carboxylic acids is 3. The Morgan fingerprint density at radius 3 is 2.20 bits per heavy atom. The molecule has 0 aliphatic heterocycles. The molecule has 0 aromatic rings. The van der Waals surface area contributed by atoms with Gasteiger partial charge < -0.3 is 26.8 Å². The number of hydrogen-bond donors (Lipinski definition) is 5. The van der Waals surface area contributed by atoms with Gasteiger partial charge in [0.05, 0.1) is 6.54 Å². The molecule has 0 saturated heterocycles. The van der Waals surface area contributed by atoms with E-state index in [2.05, 4.69) is 16.0 Å². The van der Waals surface area contributed by atoms with Gasteiger partial charge in [-0.1, -0.05) is 13.8 Å². The molecule has 2 atom stereocenters. The van der Waals surface area contributed by atoms with E-state index < -0.39 is 42.3 Å². The number of rotatable bonds is 12. The molecule has 0 heterocycles. The van der Waals surface area contributed by atoms with Gasteiger partial charge in [-0.25, -0.2) is 0 Å². The fourth-order valence-electron chi connectivity index (χ4n) is 2.02. The summed E-state index contributed by atoms with van der Waals surface area (Å²) in [5.74, 6) is -1.95. The molecular weight excluding hydrogens is 348 g/mol. The Morgan fingerprint density at radius 2 is 1.72 bits per heavy atom. The van der Waals surface area contributed by atoms with E-state index in [9.17, 15) is 19.2 Å². The van der Waals surface area contributed by atoms with Gasteiger partial charge in [-0.2, -0.15) is 11.8 Å². The Kier molecular flexibility index (Phi) is 11.6. The van der Waals surface area contributed by atoms with Crippen molar-refractivity contribution in [2.45, 2.75) is 38.8 Å². The SMILES string of the molecule is CSCCC(NC(=O)CN)C(=O)NC(CC(C)C)C(=O)NCC(=O)O. The zero-order valence-corrected chi connectivity index (χ0v) is 15.6. The predicted molar refractivity (Wildman–Crippen MR) is 96.0 cm³/mol. The molecule has 0 aromatic heterocycles. The van der Waals surface area contributed by atoms with E-state index in [4.69, 9.17) is 10.8 Å². The van der Waals surface area contributed by atoms with Gasteiger partial charge in [-0.05, 0) is 30.8 Å². The lowest BCUT2D eigenvalue weighted by atomic mass is 10.0. The van der Waals surface area contributed by atoms with Crippen LogP contribution >= 0.6 is 11.8 Å². The third kappa shape index (κ3) is 10.6. The molecule has 144 valence electrons. The maximum Gasteiger partial charge on any atom is 0.322 e. The Labute approximate surface area is 151 Å². The van der Waals surface area contributed by atoms with Crippen LogP contribution < -0.4 is 21.7 Å². The second kappa shape index (κ2) is 12.5. The van der Waals surface area contributed by atoms with Gasteiger partial charge in [-0.15, -0.1) is 0 Å². The van der Waals surface area contributed by atoms with E-state index in [0.29, 0.717) is 18.6 Å². The highest BCUT2D eigenvalue weighted by atomic mass is 32.2. The van der Waals surface area contributed by atoms with E-state index in [-0.39, 0.29) is 12.5 Å². The van der Waals surface area contributed by atoms with E-state index >= 15 is 0 Å². The van der Waals surface area contributed by atoms with Crippen LogP contribution in [0, 0.1) is 5.92 Å². The molecule has 0 fully saturated rings. The Morgan fingerprint density at radius 1 is 1.08 bits per heavy atom. The molecule has 0 saturated carbocycles. The van der Waals surface area contributed by atoms with Gasteiger partial charge in [0.25, 0.3) is 0 Å². The number of hydrogen-bond acceptors (Lipinski definition) is 6. The van der Waals surface area contributed by atoms with E-state index in [1.54, 1.807) is 0 Å². The van der Waals surface area contributed by atoms with Crippen LogP contribution in [0.4, 0.5) is 0 Å². The summed E-state index contributed by atoms with van der Waals surface area (Å²) in [7, 11) is 0. The average Bonchev–Trinajstić information content (AvgIpc) is 2.54. The Hall–Kier alpha value is -1.81. The minimum Gasteiger partial charge on any atom is -0.480 e. The topological polar surface area (TPSA) is 151 Å². The largest absolute Gasteiger partial charge is 0.480 e. The molecule has 10 heteroatoms. The molecule has 0 rings (SSSR count). The average molecular weight is 376 g/mol. The molecule has 0 aliphatic carbocycles. The van der Waals surface area contributed by atoms with Crippen molar-refractivity contribution in [2.75, 3.05) is 25.1 Å². The summed E-state index contributed by atoms with van der Waals surface area (Å²) in [6, 6.07) is -1.68. The van der Waals surface area contributed by atoms with E-state index in [1.807, 2.05) is 20.1 Å². The number of carboxylic acids is 1. The maximum absolute atomic E-state index is 12.5. The third-order valence-corrected chi connectivity index (χ3v) is 3.85. The first-order valence-corrected chi connectivity index (χ1v) is 9.38. The number of nitrogens with one attached hydrogen (secondary N) is 3. The van der Waals surface area contributed by atoms with Gasteiger partial charge in [-0.3, -0.25) is 19.2 Å². The molecule has 0 radical (unpaired) electrons. The quantitative estimate of drug-likeness (QED) is 0.290. The first-order chi connectivity index (χ1) is 11.7. The number of thioether (sulfide) groups is 1. The fraction of sp³-hybridized carbons (Fsp3) is 0.733. The van der Waals surface area contributed by atoms with Crippen LogP contribution in [0.3, 0.4) is 0 Å². The van der Waals surface area contributed by atoms with Gasteiger partial charge >= 0.3 is 5.97 Å². The predicted octanol–water partition coefficient (Wildman–Crippen LogP) is -1.09. The summed E-state index contributed by atoms with van der Waals surface area (Å²) in [4.78, 5) is 46.7. The third-order valence-electron chi connectivity index (χ3n) is 3.20. The van der Waals surface area contributed by atoms with Gasteiger partial charge in [0.2, 0.25) is 17.7 Å². The van der Waals surface area contributed by atoms with Crippen molar-refractivity contribution in [3.8, 4) is 0 Å². The normalized spacial score (nSPS) is 13.0. The van der Waals surface area contributed by atoms with Gasteiger partial charge in [0.1, 0.15) is 18.6 Å². The minimum atomic E-state index is -1.17. The molecule has 0 bridgehead atoms. The summed E-state index contributed by atoms with van der Waals surface area (Å²) >= 11 is 1.52. The number of aliphatic carboxylic acids is 1. The number of nitrogens with two attached hydrogens (primary N) is 1. The Balaban J connectivity index is 4.99. The number of carboxylic acid groups (broad SMARTS) is 1. The molecule has 0 spiro atoms. The molecule has 3 amide bonds. The first-order valence-electron chi connectivity index (χ1n) is 7.99. The minimum absolute atomic E-state index is 0.101. The number of carbonyl (C=O) groups is 4. The van der Waals surface area contributed by atoms with Crippen LogP contribution in [-0.4, -0.2) is 66.0 Å². The molecule has 0 aliphatic rings. The summed E-state index contributed by atoms with van der Waals surface area (Å²) in [5.41, 5.74) is 5.26. The summed E-state index contributed by atoms with van der Waals surface area (Å²) in [6.45, 7) is 3.00. The lowest BCUT2D eigenvalue weighted by Crippen LogP contribution is -2.55. The van der Waals surface area contributed by atoms with Crippen molar-refractivity contribution >= 4 is 35.5 Å². The molecule has 25 heavy (non-hydrogen) atoms. The van der Waals surface area contributed by atoms with Crippen molar-refractivity contribution in [1.29, 1.82) is 0 Å². The highest BCUT2D eigenvalue weighted by Crippen LogP contribution is 2.07. The zero-order valence-electron chi connectivity index (χ0n) is 14.8. The van der Waals surface area contributed by atoms with Crippen LogP contribution in [-0.2, 0) is 19.2 Å². The standard InChI is InChI=1S/C15H28N4O5S/c1-9(2)6-11(14(23)17-8-13(21)22)19-15(24)10(4-5-25-3)18-12(20)7-16/h9-11H,4-8,16H2,1-3H3,(H,17,23)(H,18,20)(H,19,24)(H,21,22). The van der Waals surface area contributed by atoms with Crippen LogP contribution in [0.15, 0.2) is 0 Å². The highest BCUT2D eigenvalue weighted by molar-refractivity contribution is 7.98. The molecule has 2 unspecified atom stereocenters. The van der Waals surface area contributed by atoms with Crippen molar-refractivity contribution in [2.24, 2.45) is 11.7 Å². The molecular formula is C15H28N4O5S. The summed E-state index contributed by atoms with van der Waals surface area (Å²) < 4.78 is 0. The highest BCUT2D eigenvalue weighted by Gasteiger charge is 2.27. The van der Waals surface area contributed by atoms with Gasteiger partial charge in [0.15, 0.2) is 0 Å². The Bertz CT molecular complexity index is 473. The van der Waals surface area contributed by atoms with Crippen molar-refractivity contribution in [3.05, 3.63) is 0 Å². The van der Waals surface area contributed by atoms with Crippen molar-refractivity contribution in [3.63, 3.8) is 0 Å². The molecule has 6 N–H and O–H groups in total. The fourth-order valence-corrected chi connectivity index (χ4v) is 2.49. The summed E-state index contributed by atoms with van der Waals surface area (Å²) in [6.07, 6.45) is 2.61. The zero-order chi connectivity index (χ0) is 19.4. The van der Waals surface area contributed by atoms with Crippen LogP contribution in [0.5, 0.6) is 0 Å². The van der Waals surface area contributed by atoms with Crippen LogP contribution in [0.25, 0.3) is 0 Å². The van der Waals surface area contributed by atoms with Crippen molar-refractivity contribution < 1.29 is 24.3 Å². The number of amides is 3. The summed E-state index contributed by atoms with van der Waals surface area (Å²) in [5, 5.41) is 16.1. The van der Waals surface area contributed by atoms with Crippen LogP contribution in [0.2, 0.25) is 0 Å². The monoisotopic (exact) mass is 376 g/mol. The first kappa shape index (κ1) is 23.2. The second-order valence-electron chi connectivity index (χ2n) is 5.91. The molecule has 0 aromatic carbocycles. The van der Waals surface area contributed by atoms with E-state index in [0.717, 1.165) is 0 Å². The van der Waals surface area contributed by atoms with Crippen molar-refractivity contribution in [1.82, 2.24) is 16.0 Å². The molecule has 9 nitrogen and oxygen atoms in total. The lowest BCUT2D eigenvalue weighted by molar-refractivity contribution is -0.138. The second-order valence-corrected chi connectivity index (χ2v) is 6.89. The van der Waals surface area contributed by atoms with Crippen LogP contribution in [0.1, 0.15) is 26.7 Å². The maximum atomic E-state index is 12.5.